The molecule has 1 N–H and O–H groups in total. The van der Waals surface area contributed by atoms with Gasteiger partial charge < -0.3 is 5.11 Å². The van der Waals surface area contributed by atoms with Gasteiger partial charge >= 0.3 is 0 Å². The molecule has 5 heteroatoms. The van der Waals surface area contributed by atoms with Crippen molar-refractivity contribution < 1.29 is 18.3 Å². The smallest absolute Gasteiger partial charge is 0.185 e. The maximum Gasteiger partial charge on any atom is 0.185 e. The molecule has 0 aromatic heterocycles. The third kappa shape index (κ3) is 3.31. The van der Waals surface area contributed by atoms with Crippen molar-refractivity contribution in [2.24, 2.45) is 0 Å². The molecule has 2 aromatic carbocycles. The molecular formula is C15H14O4S. The first-order chi connectivity index (χ1) is 9.50. The summed E-state index contributed by atoms with van der Waals surface area (Å²) < 4.78 is 24.1. The van der Waals surface area contributed by atoms with E-state index in [0.717, 1.165) is 0 Å². The van der Waals surface area contributed by atoms with Crippen LogP contribution in [0, 0.1) is 0 Å². The average Bonchev–Trinajstić information content (AvgIpc) is 2.48. The lowest BCUT2D eigenvalue weighted by molar-refractivity contribution is -0.124. The molecule has 1 atom stereocenters. The van der Waals surface area contributed by atoms with Crippen LogP contribution in [0.25, 0.3) is 0 Å². The summed E-state index contributed by atoms with van der Waals surface area (Å²) in [5.74, 6) is -1.45. The summed E-state index contributed by atoms with van der Waals surface area (Å²) in [4.78, 5) is 12.0. The predicted molar refractivity (Wildman–Crippen MR) is 74.9 cm³/mol. The van der Waals surface area contributed by atoms with E-state index >= 15 is 0 Å². The first-order valence-corrected chi connectivity index (χ1v) is 7.69. The highest BCUT2D eigenvalue weighted by Crippen LogP contribution is 2.17. The number of hydrogen-bond donors (Lipinski definition) is 1. The van der Waals surface area contributed by atoms with E-state index in [2.05, 4.69) is 0 Å². The molecule has 0 amide bonds. The van der Waals surface area contributed by atoms with Gasteiger partial charge in [0.1, 0.15) is 11.9 Å². The highest BCUT2D eigenvalue weighted by atomic mass is 32.2. The van der Waals surface area contributed by atoms with Crippen LogP contribution in [-0.4, -0.2) is 25.1 Å². The van der Waals surface area contributed by atoms with Gasteiger partial charge in [-0.15, -0.1) is 0 Å². The largest absolute Gasteiger partial charge is 0.381 e. The summed E-state index contributed by atoms with van der Waals surface area (Å²) in [5.41, 5.74) is 0.390. The molecule has 4 nitrogen and oxygen atoms in total. The Morgan fingerprint density at radius 2 is 1.45 bits per heavy atom. The van der Waals surface area contributed by atoms with Crippen molar-refractivity contribution in [3.63, 3.8) is 0 Å². The van der Waals surface area contributed by atoms with Crippen molar-refractivity contribution in [3.8, 4) is 0 Å². The van der Waals surface area contributed by atoms with E-state index in [1.165, 1.54) is 12.1 Å². The highest BCUT2D eigenvalue weighted by Gasteiger charge is 2.25. The van der Waals surface area contributed by atoms with Gasteiger partial charge in [0.15, 0.2) is 15.6 Å². The van der Waals surface area contributed by atoms with Gasteiger partial charge in [0.25, 0.3) is 0 Å². The average molecular weight is 290 g/mol. The molecule has 0 aliphatic rings. The lowest BCUT2D eigenvalue weighted by atomic mass is 10.1. The van der Waals surface area contributed by atoms with Gasteiger partial charge in [-0.25, -0.2) is 8.42 Å². The zero-order valence-electron chi connectivity index (χ0n) is 10.6. The summed E-state index contributed by atoms with van der Waals surface area (Å²) >= 11 is 0. The highest BCUT2D eigenvalue weighted by molar-refractivity contribution is 7.92. The maximum absolute atomic E-state index is 12.0. The number of aliphatic hydroxyl groups is 1. The van der Waals surface area contributed by atoms with E-state index in [1.807, 2.05) is 0 Å². The summed E-state index contributed by atoms with van der Waals surface area (Å²) in [5, 5.41) is 9.89. The Kier molecular flexibility index (Phi) is 4.32. The molecule has 2 rings (SSSR count). The lowest BCUT2D eigenvalue weighted by Gasteiger charge is -2.10. The van der Waals surface area contributed by atoms with Gasteiger partial charge in [0.05, 0.1) is 4.90 Å². The molecule has 0 saturated carbocycles. The Morgan fingerprint density at radius 3 is 2.00 bits per heavy atom. The van der Waals surface area contributed by atoms with E-state index in [-0.39, 0.29) is 4.90 Å². The molecular weight excluding hydrogens is 276 g/mol. The maximum atomic E-state index is 12.0. The van der Waals surface area contributed by atoms with Crippen molar-refractivity contribution in [3.05, 3.63) is 66.2 Å². The molecule has 0 fully saturated rings. The quantitative estimate of drug-likeness (QED) is 0.911. The number of aliphatic hydroxyl groups excluding tert-OH is 1. The van der Waals surface area contributed by atoms with Crippen molar-refractivity contribution in [2.45, 2.75) is 11.0 Å². The normalized spacial score (nSPS) is 12.8. The molecule has 104 valence electrons. The van der Waals surface area contributed by atoms with Gasteiger partial charge in [0, 0.05) is 0 Å². The topological polar surface area (TPSA) is 71.4 Å². The monoisotopic (exact) mass is 290 g/mol. The summed E-state index contributed by atoms with van der Waals surface area (Å²) in [6.07, 6.45) is -1.42. The minimum atomic E-state index is -3.72. The third-order valence-corrected chi connectivity index (χ3v) is 4.51. The third-order valence-electron chi connectivity index (χ3n) is 2.85. The lowest BCUT2D eigenvalue weighted by Crippen LogP contribution is -2.22. The molecule has 0 bridgehead atoms. The number of rotatable bonds is 5. The zero-order chi connectivity index (χ0) is 14.6. The minimum Gasteiger partial charge on any atom is -0.381 e. The van der Waals surface area contributed by atoms with Gasteiger partial charge in [0.2, 0.25) is 0 Å². The van der Waals surface area contributed by atoms with Crippen LogP contribution in [0.4, 0.5) is 0 Å². The van der Waals surface area contributed by atoms with Crippen molar-refractivity contribution in [1.82, 2.24) is 0 Å². The Balaban J connectivity index is 2.16. The van der Waals surface area contributed by atoms with Crippen LogP contribution in [0.3, 0.4) is 0 Å². The zero-order valence-corrected chi connectivity index (χ0v) is 11.5. The Bertz CT molecular complexity index is 678. The first-order valence-electron chi connectivity index (χ1n) is 6.04. The molecule has 0 aliphatic heterocycles. The van der Waals surface area contributed by atoms with Crippen molar-refractivity contribution in [1.29, 1.82) is 0 Å². The molecule has 0 aliphatic carbocycles. The van der Waals surface area contributed by atoms with E-state index < -0.39 is 27.5 Å². The summed E-state index contributed by atoms with van der Waals surface area (Å²) in [6, 6.07) is 16.0. The Labute approximate surface area is 117 Å². The molecule has 0 saturated heterocycles. The van der Waals surface area contributed by atoms with E-state index in [1.54, 1.807) is 48.5 Å². The number of ketones is 1. The second-order valence-electron chi connectivity index (χ2n) is 4.35. The van der Waals surface area contributed by atoms with E-state index in [0.29, 0.717) is 5.56 Å². The fourth-order valence-electron chi connectivity index (χ4n) is 1.80. The fourth-order valence-corrected chi connectivity index (χ4v) is 3.07. The fraction of sp³-hybridized carbons (Fsp3) is 0.133. The van der Waals surface area contributed by atoms with Crippen LogP contribution >= 0.6 is 0 Å². The van der Waals surface area contributed by atoms with Gasteiger partial charge in [-0.3, -0.25) is 4.79 Å². The number of benzene rings is 2. The SMILES string of the molecule is O=C(CS(=O)(=O)c1ccccc1)C(O)c1ccccc1. The van der Waals surface area contributed by atoms with Crippen LogP contribution in [-0.2, 0) is 14.6 Å². The van der Waals surface area contributed by atoms with Crippen molar-refractivity contribution in [2.75, 3.05) is 5.75 Å². The molecule has 0 radical (unpaired) electrons. The van der Waals surface area contributed by atoms with Crippen LogP contribution < -0.4 is 0 Å². The minimum absolute atomic E-state index is 0.0774. The molecule has 2 aromatic rings. The van der Waals surface area contributed by atoms with Crippen LogP contribution in [0.5, 0.6) is 0 Å². The number of carbonyl (C=O) groups is 1. The van der Waals surface area contributed by atoms with Gasteiger partial charge in [-0.2, -0.15) is 0 Å². The predicted octanol–water partition coefficient (Wildman–Crippen LogP) is 1.76. The first kappa shape index (κ1) is 14.4. The Morgan fingerprint density at radius 1 is 0.950 bits per heavy atom. The standard InChI is InChI=1S/C15H14O4S/c16-14(15(17)12-7-3-1-4-8-12)11-20(18,19)13-9-5-2-6-10-13/h1-10,15,17H,11H2. The van der Waals surface area contributed by atoms with E-state index in [4.69, 9.17) is 0 Å². The summed E-state index contributed by atoms with van der Waals surface area (Å²) in [6.45, 7) is 0. The molecule has 0 heterocycles. The van der Waals surface area contributed by atoms with Crippen LogP contribution in [0.2, 0.25) is 0 Å². The van der Waals surface area contributed by atoms with Gasteiger partial charge in [-0.05, 0) is 17.7 Å². The summed E-state index contributed by atoms with van der Waals surface area (Å²) in [7, 11) is -3.72. The number of sulfone groups is 1. The number of Topliss-reactive ketones (excluding diaryl/α,β-unsaturated/α-hetero) is 1. The number of hydrogen-bond acceptors (Lipinski definition) is 4. The van der Waals surface area contributed by atoms with Crippen LogP contribution in [0.15, 0.2) is 65.6 Å². The second-order valence-corrected chi connectivity index (χ2v) is 6.34. The van der Waals surface area contributed by atoms with Crippen LogP contribution in [0.1, 0.15) is 11.7 Å². The van der Waals surface area contributed by atoms with Gasteiger partial charge in [-0.1, -0.05) is 48.5 Å². The number of carbonyl (C=O) groups excluding carboxylic acids is 1. The molecule has 20 heavy (non-hydrogen) atoms. The molecule has 1 unspecified atom stereocenters. The van der Waals surface area contributed by atoms with E-state index in [9.17, 15) is 18.3 Å². The molecule has 0 spiro atoms. The Hall–Kier alpha value is -1.98. The van der Waals surface area contributed by atoms with Crippen molar-refractivity contribution >= 4 is 15.6 Å². The second kappa shape index (κ2) is 5.98.